The number of esters is 1. The Bertz CT molecular complexity index is 558. The van der Waals surface area contributed by atoms with E-state index in [1.165, 1.54) is 6.08 Å². The molecule has 0 bridgehead atoms. The lowest BCUT2D eigenvalue weighted by Crippen LogP contribution is -2.20. The van der Waals surface area contributed by atoms with Gasteiger partial charge in [-0.3, -0.25) is 9.59 Å². The Balaban J connectivity index is 2.50. The average Bonchev–Trinajstić information content (AvgIpc) is 2.44. The number of allylic oxidation sites excluding steroid dienone is 1. The Morgan fingerprint density at radius 3 is 2.29 bits per heavy atom. The number of amides is 2. The lowest BCUT2D eigenvalue weighted by molar-refractivity contribution is -0.142. The van der Waals surface area contributed by atoms with Crippen molar-refractivity contribution in [2.75, 3.05) is 19.0 Å². The summed E-state index contributed by atoms with van der Waals surface area (Å²) in [5.74, 6) is -1.21. The summed E-state index contributed by atoms with van der Waals surface area (Å²) in [7, 11) is 1.54. The van der Waals surface area contributed by atoms with Gasteiger partial charge in [-0.05, 0) is 38.1 Å². The van der Waals surface area contributed by atoms with Crippen LogP contribution in [0.15, 0.2) is 35.9 Å². The van der Waals surface area contributed by atoms with Crippen molar-refractivity contribution >= 4 is 23.5 Å². The summed E-state index contributed by atoms with van der Waals surface area (Å²) in [4.78, 5) is 34.2. The second-order valence-electron chi connectivity index (χ2n) is 4.53. The van der Waals surface area contributed by atoms with Crippen LogP contribution in [-0.4, -0.2) is 31.4 Å². The summed E-state index contributed by atoms with van der Waals surface area (Å²) >= 11 is 0. The molecule has 0 saturated carbocycles. The molecule has 0 aromatic heterocycles. The SMILES string of the molecule is CNC(=O)c1ccc(NC(=O)COC(=O)C=C(C)C)cc1. The molecule has 2 amide bonds. The van der Waals surface area contributed by atoms with E-state index in [1.54, 1.807) is 45.2 Å². The maximum atomic E-state index is 11.6. The molecule has 6 nitrogen and oxygen atoms in total. The van der Waals surface area contributed by atoms with Gasteiger partial charge >= 0.3 is 5.97 Å². The molecule has 0 aliphatic heterocycles. The molecular formula is C15H18N2O4. The third-order valence-corrected chi connectivity index (χ3v) is 2.41. The van der Waals surface area contributed by atoms with E-state index < -0.39 is 11.9 Å². The van der Waals surface area contributed by atoms with Crippen molar-refractivity contribution in [3.05, 3.63) is 41.5 Å². The van der Waals surface area contributed by atoms with Crippen molar-refractivity contribution in [2.45, 2.75) is 13.8 Å². The maximum Gasteiger partial charge on any atom is 0.331 e. The zero-order valence-electron chi connectivity index (χ0n) is 12.2. The van der Waals surface area contributed by atoms with E-state index in [4.69, 9.17) is 4.74 Å². The van der Waals surface area contributed by atoms with Crippen LogP contribution >= 0.6 is 0 Å². The van der Waals surface area contributed by atoms with Crippen LogP contribution < -0.4 is 10.6 Å². The van der Waals surface area contributed by atoms with Gasteiger partial charge in [0.15, 0.2) is 6.61 Å². The maximum absolute atomic E-state index is 11.6. The van der Waals surface area contributed by atoms with Gasteiger partial charge in [0.1, 0.15) is 0 Å². The zero-order valence-corrected chi connectivity index (χ0v) is 12.2. The highest BCUT2D eigenvalue weighted by molar-refractivity contribution is 5.96. The van der Waals surface area contributed by atoms with Gasteiger partial charge in [-0.25, -0.2) is 4.79 Å². The van der Waals surface area contributed by atoms with Crippen LogP contribution in [0.3, 0.4) is 0 Å². The van der Waals surface area contributed by atoms with E-state index in [1.807, 2.05) is 0 Å². The number of anilines is 1. The second-order valence-corrected chi connectivity index (χ2v) is 4.53. The number of rotatable bonds is 5. The monoisotopic (exact) mass is 290 g/mol. The smallest absolute Gasteiger partial charge is 0.331 e. The van der Waals surface area contributed by atoms with E-state index in [0.717, 1.165) is 5.57 Å². The molecule has 0 radical (unpaired) electrons. The van der Waals surface area contributed by atoms with E-state index in [-0.39, 0.29) is 12.5 Å². The normalized spacial score (nSPS) is 9.48. The molecule has 0 unspecified atom stereocenters. The standard InChI is InChI=1S/C15H18N2O4/c1-10(2)8-14(19)21-9-13(18)17-12-6-4-11(5-7-12)15(20)16-3/h4-8H,9H2,1-3H3,(H,16,20)(H,17,18). The first-order valence-corrected chi connectivity index (χ1v) is 6.36. The van der Waals surface area contributed by atoms with Gasteiger partial charge in [-0.15, -0.1) is 0 Å². The Morgan fingerprint density at radius 1 is 1.14 bits per heavy atom. The molecule has 6 heteroatoms. The summed E-state index contributed by atoms with van der Waals surface area (Å²) in [6.45, 7) is 3.16. The van der Waals surface area contributed by atoms with Gasteiger partial charge in [0, 0.05) is 24.4 Å². The molecule has 0 spiro atoms. The van der Waals surface area contributed by atoms with Crippen LogP contribution in [0.25, 0.3) is 0 Å². The van der Waals surface area contributed by atoms with Crippen LogP contribution in [0.2, 0.25) is 0 Å². The highest BCUT2D eigenvalue weighted by Crippen LogP contribution is 2.09. The van der Waals surface area contributed by atoms with Gasteiger partial charge in [0.05, 0.1) is 0 Å². The minimum atomic E-state index is -0.555. The van der Waals surface area contributed by atoms with Gasteiger partial charge in [-0.2, -0.15) is 0 Å². The largest absolute Gasteiger partial charge is 0.452 e. The first-order chi connectivity index (χ1) is 9.92. The van der Waals surface area contributed by atoms with Crippen LogP contribution in [0.5, 0.6) is 0 Å². The second kappa shape index (κ2) is 7.84. The highest BCUT2D eigenvalue weighted by Gasteiger charge is 2.07. The molecule has 1 rings (SSSR count). The van der Waals surface area contributed by atoms with Crippen LogP contribution in [-0.2, 0) is 14.3 Å². The van der Waals surface area contributed by atoms with E-state index in [0.29, 0.717) is 11.3 Å². The summed E-state index contributed by atoms with van der Waals surface area (Å²) in [5, 5.41) is 5.07. The van der Waals surface area contributed by atoms with Crippen molar-refractivity contribution in [1.82, 2.24) is 5.32 Å². The predicted molar refractivity (Wildman–Crippen MR) is 78.9 cm³/mol. The summed E-state index contributed by atoms with van der Waals surface area (Å²) in [6.07, 6.45) is 1.31. The fraction of sp³-hybridized carbons (Fsp3) is 0.267. The van der Waals surface area contributed by atoms with E-state index in [9.17, 15) is 14.4 Å². The molecule has 1 aromatic rings. The molecule has 0 fully saturated rings. The van der Waals surface area contributed by atoms with Crippen LogP contribution in [0.1, 0.15) is 24.2 Å². The molecule has 2 N–H and O–H groups in total. The van der Waals surface area contributed by atoms with Gasteiger partial charge in [0.25, 0.3) is 11.8 Å². The van der Waals surface area contributed by atoms with Crippen molar-refractivity contribution in [1.29, 1.82) is 0 Å². The number of nitrogens with one attached hydrogen (secondary N) is 2. The Morgan fingerprint density at radius 2 is 1.76 bits per heavy atom. The molecule has 0 saturated heterocycles. The minimum absolute atomic E-state index is 0.205. The number of benzene rings is 1. The molecule has 0 aliphatic carbocycles. The fourth-order valence-electron chi connectivity index (χ4n) is 1.46. The van der Waals surface area contributed by atoms with Crippen molar-refractivity contribution in [3.8, 4) is 0 Å². The first-order valence-electron chi connectivity index (χ1n) is 6.36. The van der Waals surface area contributed by atoms with Crippen molar-refractivity contribution < 1.29 is 19.1 Å². The summed E-state index contributed by atoms with van der Waals surface area (Å²) in [6, 6.07) is 6.37. The Hall–Kier alpha value is -2.63. The number of carbonyl (C=O) groups excluding carboxylic acids is 3. The van der Waals surface area contributed by atoms with Crippen molar-refractivity contribution in [3.63, 3.8) is 0 Å². The molecule has 21 heavy (non-hydrogen) atoms. The average molecular weight is 290 g/mol. The number of carbonyl (C=O) groups is 3. The summed E-state index contributed by atoms with van der Waals surface area (Å²) in [5.41, 5.74) is 1.81. The van der Waals surface area contributed by atoms with Gasteiger partial charge in [-0.1, -0.05) is 5.57 Å². The quantitative estimate of drug-likeness (QED) is 0.635. The molecule has 0 heterocycles. The Labute approximate surface area is 123 Å². The molecular weight excluding hydrogens is 272 g/mol. The van der Waals surface area contributed by atoms with Crippen LogP contribution in [0.4, 0.5) is 5.69 Å². The molecule has 1 aromatic carbocycles. The minimum Gasteiger partial charge on any atom is -0.452 e. The topological polar surface area (TPSA) is 84.5 Å². The molecule has 0 aliphatic rings. The first kappa shape index (κ1) is 16.4. The third-order valence-electron chi connectivity index (χ3n) is 2.41. The number of ether oxygens (including phenoxy) is 1. The lowest BCUT2D eigenvalue weighted by Gasteiger charge is -2.06. The highest BCUT2D eigenvalue weighted by atomic mass is 16.5. The van der Waals surface area contributed by atoms with Crippen LogP contribution in [0, 0.1) is 0 Å². The third kappa shape index (κ3) is 5.90. The van der Waals surface area contributed by atoms with Crippen molar-refractivity contribution in [2.24, 2.45) is 0 Å². The zero-order chi connectivity index (χ0) is 15.8. The Kier molecular flexibility index (Phi) is 6.13. The van der Waals surface area contributed by atoms with Gasteiger partial charge in [0.2, 0.25) is 0 Å². The van der Waals surface area contributed by atoms with Gasteiger partial charge < -0.3 is 15.4 Å². The summed E-state index contributed by atoms with van der Waals surface area (Å²) < 4.78 is 4.77. The van der Waals surface area contributed by atoms with E-state index in [2.05, 4.69) is 10.6 Å². The molecule has 0 atom stereocenters. The number of hydrogen-bond donors (Lipinski definition) is 2. The number of hydrogen-bond acceptors (Lipinski definition) is 4. The lowest BCUT2D eigenvalue weighted by atomic mass is 10.2. The fourth-order valence-corrected chi connectivity index (χ4v) is 1.46. The van der Waals surface area contributed by atoms with E-state index >= 15 is 0 Å². The molecule has 112 valence electrons. The predicted octanol–water partition coefficient (Wildman–Crippen LogP) is 1.49.